The summed E-state index contributed by atoms with van der Waals surface area (Å²) in [5.41, 5.74) is 0.184. The number of rotatable bonds is 8. The van der Waals surface area contributed by atoms with Crippen molar-refractivity contribution >= 4 is 33.3 Å². The van der Waals surface area contributed by atoms with E-state index in [1.807, 2.05) is 0 Å². The van der Waals surface area contributed by atoms with Crippen LogP contribution in [-0.4, -0.2) is 33.5 Å². The third-order valence-corrected chi connectivity index (χ3v) is 5.89. The number of para-hydroxylation sites is 1. The van der Waals surface area contributed by atoms with Crippen molar-refractivity contribution in [3.8, 4) is 5.75 Å². The zero-order valence-corrected chi connectivity index (χ0v) is 18.6. The van der Waals surface area contributed by atoms with E-state index in [0.717, 1.165) is 6.07 Å². The molecular formula is C23H21FN2O6S. The number of nitrogens with one attached hydrogen (secondary N) is 2. The standard InChI is InChI=1S/C23H21FN2O6S/c1-15(22(27)25-21-9-4-3-8-20(21)24)32-23(28)16-6-5-7-19(14-16)33(29,30)26-17-10-12-18(31-2)13-11-17/h3-15,26H,1-2H3,(H,25,27). The van der Waals surface area contributed by atoms with Crippen LogP contribution in [0, 0.1) is 5.82 Å². The molecule has 1 unspecified atom stereocenters. The molecule has 3 rings (SSSR count). The SMILES string of the molecule is COc1ccc(NS(=O)(=O)c2cccc(C(=O)OC(C)C(=O)Nc3ccccc3F)c2)cc1. The van der Waals surface area contributed by atoms with Crippen LogP contribution in [0.3, 0.4) is 0 Å². The Morgan fingerprint density at radius 3 is 2.33 bits per heavy atom. The summed E-state index contributed by atoms with van der Waals surface area (Å²) in [6, 6.07) is 17.0. The molecule has 172 valence electrons. The van der Waals surface area contributed by atoms with Crippen molar-refractivity contribution < 1.29 is 31.9 Å². The van der Waals surface area contributed by atoms with Gasteiger partial charge >= 0.3 is 5.97 Å². The molecule has 0 spiro atoms. The normalized spacial score (nSPS) is 11.8. The van der Waals surface area contributed by atoms with Crippen LogP contribution in [0.5, 0.6) is 5.75 Å². The number of hydrogen-bond acceptors (Lipinski definition) is 6. The van der Waals surface area contributed by atoms with Crippen molar-refractivity contribution in [1.82, 2.24) is 0 Å². The second-order valence-corrected chi connectivity index (χ2v) is 8.56. The average Bonchev–Trinajstić information content (AvgIpc) is 2.80. The number of carbonyl (C=O) groups excluding carboxylic acids is 2. The van der Waals surface area contributed by atoms with Gasteiger partial charge in [0.1, 0.15) is 11.6 Å². The minimum Gasteiger partial charge on any atom is -0.497 e. The first-order chi connectivity index (χ1) is 15.7. The van der Waals surface area contributed by atoms with E-state index in [1.54, 1.807) is 18.2 Å². The molecule has 0 radical (unpaired) electrons. The van der Waals surface area contributed by atoms with Gasteiger partial charge in [-0.1, -0.05) is 18.2 Å². The molecule has 0 aliphatic rings. The summed E-state index contributed by atoms with van der Waals surface area (Å²) < 4.78 is 51.7. The Labute approximate surface area is 190 Å². The molecule has 0 aliphatic carbocycles. The lowest BCUT2D eigenvalue weighted by Gasteiger charge is -2.14. The quantitative estimate of drug-likeness (QED) is 0.482. The molecule has 33 heavy (non-hydrogen) atoms. The number of carbonyl (C=O) groups is 2. The van der Waals surface area contributed by atoms with E-state index >= 15 is 0 Å². The van der Waals surface area contributed by atoms with Crippen LogP contribution in [0.1, 0.15) is 17.3 Å². The minimum atomic E-state index is -4.00. The molecule has 3 aromatic carbocycles. The fourth-order valence-corrected chi connectivity index (χ4v) is 3.85. The Balaban J connectivity index is 1.69. The van der Waals surface area contributed by atoms with Gasteiger partial charge in [0.25, 0.3) is 15.9 Å². The smallest absolute Gasteiger partial charge is 0.338 e. The van der Waals surface area contributed by atoms with Crippen LogP contribution in [-0.2, 0) is 19.6 Å². The molecular weight excluding hydrogens is 451 g/mol. The third kappa shape index (κ3) is 6.07. The molecule has 1 amide bonds. The van der Waals surface area contributed by atoms with Gasteiger partial charge in [-0.25, -0.2) is 17.6 Å². The molecule has 0 bridgehead atoms. The summed E-state index contributed by atoms with van der Waals surface area (Å²) in [7, 11) is -2.50. The van der Waals surface area contributed by atoms with Gasteiger partial charge in [-0.15, -0.1) is 0 Å². The van der Waals surface area contributed by atoms with Crippen molar-refractivity contribution in [2.24, 2.45) is 0 Å². The van der Waals surface area contributed by atoms with Crippen LogP contribution < -0.4 is 14.8 Å². The first kappa shape index (κ1) is 23.7. The number of halogens is 1. The van der Waals surface area contributed by atoms with Crippen molar-refractivity contribution in [2.75, 3.05) is 17.1 Å². The molecule has 0 aliphatic heterocycles. The highest BCUT2D eigenvalue weighted by molar-refractivity contribution is 7.92. The minimum absolute atomic E-state index is 0.0527. The summed E-state index contributed by atoms with van der Waals surface area (Å²) >= 11 is 0. The number of hydrogen-bond donors (Lipinski definition) is 2. The monoisotopic (exact) mass is 472 g/mol. The topological polar surface area (TPSA) is 111 Å². The maximum atomic E-state index is 13.7. The zero-order chi connectivity index (χ0) is 24.0. The molecule has 0 fully saturated rings. The van der Waals surface area contributed by atoms with Crippen LogP contribution in [0.15, 0.2) is 77.7 Å². The summed E-state index contributed by atoms with van der Waals surface area (Å²) in [5, 5.41) is 2.33. The summed E-state index contributed by atoms with van der Waals surface area (Å²) in [6.07, 6.45) is -1.25. The van der Waals surface area contributed by atoms with E-state index in [2.05, 4.69) is 10.0 Å². The lowest BCUT2D eigenvalue weighted by Crippen LogP contribution is -2.30. The first-order valence-electron chi connectivity index (χ1n) is 9.73. The van der Waals surface area contributed by atoms with Crippen molar-refractivity contribution in [1.29, 1.82) is 0 Å². The predicted octanol–water partition coefficient (Wildman–Crippen LogP) is 3.82. The lowest BCUT2D eigenvalue weighted by molar-refractivity contribution is -0.123. The van der Waals surface area contributed by atoms with Gasteiger partial charge in [0.2, 0.25) is 0 Å². The molecule has 10 heteroatoms. The second kappa shape index (κ2) is 10.1. The Hall–Kier alpha value is -3.92. The van der Waals surface area contributed by atoms with Gasteiger partial charge in [-0.05, 0) is 61.5 Å². The highest BCUT2D eigenvalue weighted by Gasteiger charge is 2.22. The van der Waals surface area contributed by atoms with Crippen molar-refractivity contribution in [2.45, 2.75) is 17.9 Å². The molecule has 3 aromatic rings. The maximum Gasteiger partial charge on any atom is 0.338 e. The number of benzene rings is 3. The largest absolute Gasteiger partial charge is 0.497 e. The average molecular weight is 472 g/mol. The van der Waals surface area contributed by atoms with E-state index in [-0.39, 0.29) is 16.1 Å². The molecule has 1 atom stereocenters. The Bertz CT molecular complexity index is 1260. The van der Waals surface area contributed by atoms with E-state index in [9.17, 15) is 22.4 Å². The number of amides is 1. The lowest BCUT2D eigenvalue weighted by atomic mass is 10.2. The van der Waals surface area contributed by atoms with E-state index < -0.39 is 33.8 Å². The van der Waals surface area contributed by atoms with Crippen LogP contribution >= 0.6 is 0 Å². The van der Waals surface area contributed by atoms with Gasteiger partial charge in [-0.2, -0.15) is 0 Å². The summed E-state index contributed by atoms with van der Waals surface area (Å²) in [5.74, 6) is -1.71. The Morgan fingerprint density at radius 2 is 1.67 bits per heavy atom. The molecule has 8 nitrogen and oxygen atoms in total. The maximum absolute atomic E-state index is 13.7. The van der Waals surface area contributed by atoms with E-state index in [1.165, 1.54) is 62.6 Å². The summed E-state index contributed by atoms with van der Waals surface area (Å²) in [6.45, 7) is 1.32. The van der Waals surface area contributed by atoms with Gasteiger partial charge in [0.05, 0.1) is 23.3 Å². The second-order valence-electron chi connectivity index (χ2n) is 6.88. The van der Waals surface area contributed by atoms with E-state index in [4.69, 9.17) is 9.47 Å². The van der Waals surface area contributed by atoms with Crippen LogP contribution in [0.4, 0.5) is 15.8 Å². The number of methoxy groups -OCH3 is 1. The van der Waals surface area contributed by atoms with Gasteiger partial charge in [0.15, 0.2) is 6.10 Å². The Morgan fingerprint density at radius 1 is 0.970 bits per heavy atom. The molecule has 0 saturated carbocycles. The number of sulfonamides is 1. The molecule has 0 saturated heterocycles. The van der Waals surface area contributed by atoms with Crippen molar-refractivity contribution in [3.63, 3.8) is 0 Å². The highest BCUT2D eigenvalue weighted by Crippen LogP contribution is 2.20. The van der Waals surface area contributed by atoms with E-state index in [0.29, 0.717) is 11.4 Å². The number of esters is 1. The number of ether oxygens (including phenoxy) is 2. The van der Waals surface area contributed by atoms with Crippen LogP contribution in [0.25, 0.3) is 0 Å². The fraction of sp³-hybridized carbons (Fsp3) is 0.130. The predicted molar refractivity (Wildman–Crippen MR) is 120 cm³/mol. The molecule has 0 heterocycles. The first-order valence-corrected chi connectivity index (χ1v) is 11.2. The van der Waals surface area contributed by atoms with Gasteiger partial charge < -0.3 is 14.8 Å². The van der Waals surface area contributed by atoms with Crippen LogP contribution in [0.2, 0.25) is 0 Å². The molecule has 0 aromatic heterocycles. The Kier molecular flexibility index (Phi) is 7.29. The fourth-order valence-electron chi connectivity index (χ4n) is 2.74. The van der Waals surface area contributed by atoms with Gasteiger partial charge in [-0.3, -0.25) is 9.52 Å². The van der Waals surface area contributed by atoms with Crippen molar-refractivity contribution in [3.05, 3.63) is 84.2 Å². The number of anilines is 2. The van der Waals surface area contributed by atoms with Gasteiger partial charge in [0, 0.05) is 5.69 Å². The third-order valence-electron chi connectivity index (χ3n) is 4.51. The highest BCUT2D eigenvalue weighted by atomic mass is 32.2. The molecule has 2 N–H and O–H groups in total. The summed E-state index contributed by atoms with van der Waals surface area (Å²) in [4.78, 5) is 24.5. The zero-order valence-electron chi connectivity index (χ0n) is 17.7.